The van der Waals surface area contributed by atoms with E-state index in [1.165, 1.54) is 0 Å². The molecule has 176 valence electrons. The van der Waals surface area contributed by atoms with Crippen LogP contribution < -0.4 is 21.7 Å². The summed E-state index contributed by atoms with van der Waals surface area (Å²) >= 11 is 3.89. The molecule has 5 atom stereocenters. The predicted molar refractivity (Wildman–Crippen MR) is 109 cm³/mol. The summed E-state index contributed by atoms with van der Waals surface area (Å²) in [6.45, 7) is 3.50. The summed E-state index contributed by atoms with van der Waals surface area (Å²) in [5.74, 6) is -7.88. The molecule has 0 saturated heterocycles. The van der Waals surface area contributed by atoms with Crippen LogP contribution in [0.15, 0.2) is 0 Å². The molecule has 0 heterocycles. The Morgan fingerprint density at radius 3 is 1.65 bits per heavy atom. The van der Waals surface area contributed by atoms with Crippen molar-refractivity contribution in [2.45, 2.75) is 57.3 Å². The van der Waals surface area contributed by atoms with E-state index in [-0.39, 0.29) is 11.7 Å². The highest BCUT2D eigenvalue weighted by Crippen LogP contribution is 2.06. The van der Waals surface area contributed by atoms with Crippen molar-refractivity contribution in [3.8, 4) is 0 Å². The van der Waals surface area contributed by atoms with Crippen LogP contribution in [0.1, 0.15) is 33.1 Å². The van der Waals surface area contributed by atoms with E-state index < -0.39 is 72.6 Å². The summed E-state index contributed by atoms with van der Waals surface area (Å²) in [6.07, 6.45) is -1.14. The molecule has 31 heavy (non-hydrogen) atoms. The van der Waals surface area contributed by atoms with Gasteiger partial charge in [-0.3, -0.25) is 24.0 Å². The fourth-order valence-electron chi connectivity index (χ4n) is 2.28. The highest BCUT2D eigenvalue weighted by atomic mass is 32.1. The molecule has 0 aliphatic carbocycles. The van der Waals surface area contributed by atoms with Crippen molar-refractivity contribution in [3.63, 3.8) is 0 Å². The zero-order valence-electron chi connectivity index (χ0n) is 17.0. The number of thiol groups is 1. The van der Waals surface area contributed by atoms with E-state index in [2.05, 4.69) is 23.3 Å². The average Bonchev–Trinajstić information content (AvgIpc) is 2.68. The lowest BCUT2D eigenvalue weighted by molar-refractivity contribution is -0.147. The highest BCUT2D eigenvalue weighted by Gasteiger charge is 2.32. The van der Waals surface area contributed by atoms with Crippen LogP contribution in [0.5, 0.6) is 0 Å². The van der Waals surface area contributed by atoms with Gasteiger partial charge in [-0.25, -0.2) is 4.79 Å². The van der Waals surface area contributed by atoms with Crippen LogP contribution in [0.25, 0.3) is 0 Å². The third-order valence-corrected chi connectivity index (χ3v) is 4.75. The molecule has 13 nitrogen and oxygen atoms in total. The molecule has 0 fully saturated rings. The number of nitrogens with two attached hydrogens (primary N) is 1. The summed E-state index contributed by atoms with van der Waals surface area (Å²) < 4.78 is 0. The quantitative estimate of drug-likeness (QED) is 0.129. The number of nitrogens with one attached hydrogen (secondary N) is 3. The van der Waals surface area contributed by atoms with Gasteiger partial charge in [0.25, 0.3) is 0 Å². The molecule has 0 aromatic rings. The first-order valence-corrected chi connectivity index (χ1v) is 9.91. The van der Waals surface area contributed by atoms with Crippen molar-refractivity contribution in [3.05, 3.63) is 0 Å². The van der Waals surface area contributed by atoms with E-state index in [9.17, 15) is 28.8 Å². The summed E-state index contributed by atoms with van der Waals surface area (Å²) in [5.41, 5.74) is 5.78. The van der Waals surface area contributed by atoms with E-state index in [1.54, 1.807) is 13.8 Å². The van der Waals surface area contributed by atoms with Gasteiger partial charge in [0, 0.05) is 5.75 Å². The van der Waals surface area contributed by atoms with Crippen molar-refractivity contribution in [1.29, 1.82) is 0 Å². The van der Waals surface area contributed by atoms with Crippen molar-refractivity contribution >= 4 is 48.3 Å². The number of aliphatic carboxylic acids is 3. The van der Waals surface area contributed by atoms with Gasteiger partial charge < -0.3 is 37.0 Å². The number of amides is 3. The van der Waals surface area contributed by atoms with Crippen molar-refractivity contribution in [2.75, 3.05) is 5.75 Å². The maximum atomic E-state index is 12.5. The fourth-order valence-corrected chi connectivity index (χ4v) is 2.53. The smallest absolute Gasteiger partial charge is 0.326 e. The minimum absolute atomic E-state index is 0.244. The molecule has 0 spiro atoms. The number of hydrogen-bond donors (Lipinski definition) is 8. The number of hydrogen-bond acceptors (Lipinski definition) is 8. The van der Waals surface area contributed by atoms with Gasteiger partial charge in [0.05, 0.1) is 18.9 Å². The fraction of sp³-hybridized carbons (Fsp3) is 0.647. The minimum Gasteiger partial charge on any atom is -0.481 e. The van der Waals surface area contributed by atoms with Crippen molar-refractivity contribution < 1.29 is 44.1 Å². The van der Waals surface area contributed by atoms with Crippen LogP contribution in [-0.2, 0) is 28.8 Å². The molecule has 8 N–H and O–H groups in total. The summed E-state index contributed by atoms with van der Waals surface area (Å²) in [5, 5.41) is 33.1. The van der Waals surface area contributed by atoms with Crippen molar-refractivity contribution in [2.24, 2.45) is 11.7 Å². The summed E-state index contributed by atoms with van der Waals surface area (Å²) in [6, 6.07) is -5.75. The van der Waals surface area contributed by atoms with Crippen molar-refractivity contribution in [1.82, 2.24) is 16.0 Å². The summed E-state index contributed by atoms with van der Waals surface area (Å²) in [7, 11) is 0. The minimum atomic E-state index is -1.76. The topological polar surface area (TPSA) is 225 Å². The first kappa shape index (κ1) is 28.1. The lowest BCUT2D eigenvalue weighted by Crippen LogP contribution is -2.58. The monoisotopic (exact) mass is 464 g/mol. The Hall–Kier alpha value is -2.87. The van der Waals surface area contributed by atoms with Gasteiger partial charge in [-0.05, 0) is 5.92 Å². The Balaban J connectivity index is 5.32. The Kier molecular flexibility index (Phi) is 12.2. The van der Waals surface area contributed by atoms with Gasteiger partial charge in [-0.1, -0.05) is 20.3 Å². The highest BCUT2D eigenvalue weighted by molar-refractivity contribution is 7.80. The Labute approximate surface area is 183 Å². The third kappa shape index (κ3) is 10.1. The molecule has 0 aromatic carbocycles. The van der Waals surface area contributed by atoms with E-state index in [4.69, 9.17) is 21.1 Å². The second-order valence-electron chi connectivity index (χ2n) is 6.81. The maximum Gasteiger partial charge on any atom is 0.326 e. The van der Waals surface area contributed by atoms with Gasteiger partial charge in [-0.15, -0.1) is 0 Å². The first-order valence-electron chi connectivity index (χ1n) is 9.27. The lowest BCUT2D eigenvalue weighted by atomic mass is 9.99. The first-order chi connectivity index (χ1) is 14.3. The number of carboxylic acids is 3. The Morgan fingerprint density at radius 2 is 1.23 bits per heavy atom. The number of carbonyl (C=O) groups excluding carboxylic acids is 3. The molecule has 0 aromatic heterocycles. The van der Waals surface area contributed by atoms with Crippen LogP contribution in [-0.4, -0.2) is 80.9 Å². The van der Waals surface area contributed by atoms with Gasteiger partial charge in [0.1, 0.15) is 18.1 Å². The average molecular weight is 464 g/mol. The number of rotatable bonds is 14. The number of carboxylic acid groups (broad SMARTS) is 3. The molecule has 0 aliphatic heterocycles. The zero-order chi connectivity index (χ0) is 24.3. The maximum absolute atomic E-state index is 12.5. The molecule has 0 radical (unpaired) electrons. The Bertz CT molecular complexity index is 703. The van der Waals surface area contributed by atoms with E-state index in [1.807, 2.05) is 5.32 Å². The van der Waals surface area contributed by atoms with Crippen LogP contribution in [0.2, 0.25) is 0 Å². The van der Waals surface area contributed by atoms with Crippen LogP contribution >= 0.6 is 12.6 Å². The molecule has 0 rings (SSSR count). The normalized spacial score (nSPS) is 15.5. The van der Waals surface area contributed by atoms with E-state index in [0.717, 1.165) is 0 Å². The standard InChI is InChI=1S/C17H28N4O9S/c1-3-7(2)13(18)16(28)19-8(4-11(22)23)14(26)21-10(6-31)15(27)20-9(17(29)30)5-12(24)25/h7-10,13,31H,3-6,18H2,1-2H3,(H,19,28)(H,20,27)(H,21,26)(H,22,23)(H,24,25)(H,29,30). The van der Waals surface area contributed by atoms with Gasteiger partial charge in [0.15, 0.2) is 0 Å². The SMILES string of the molecule is CCC(C)C(N)C(=O)NC(CC(=O)O)C(=O)NC(CS)C(=O)NC(CC(=O)O)C(=O)O. The van der Waals surface area contributed by atoms with E-state index in [0.29, 0.717) is 6.42 Å². The largest absolute Gasteiger partial charge is 0.481 e. The molecule has 5 unspecified atom stereocenters. The molecule has 0 aliphatic rings. The van der Waals surface area contributed by atoms with Crippen LogP contribution in [0, 0.1) is 5.92 Å². The predicted octanol–water partition coefficient (Wildman–Crippen LogP) is -2.22. The van der Waals surface area contributed by atoms with Crippen LogP contribution in [0.4, 0.5) is 0 Å². The summed E-state index contributed by atoms with van der Waals surface area (Å²) in [4.78, 5) is 69.9. The van der Waals surface area contributed by atoms with Gasteiger partial charge >= 0.3 is 17.9 Å². The molecular weight excluding hydrogens is 436 g/mol. The molecule has 0 bridgehead atoms. The molecular formula is C17H28N4O9S. The molecule has 0 saturated carbocycles. The van der Waals surface area contributed by atoms with E-state index >= 15 is 0 Å². The lowest BCUT2D eigenvalue weighted by Gasteiger charge is -2.24. The van der Waals surface area contributed by atoms with Crippen LogP contribution in [0.3, 0.4) is 0 Å². The van der Waals surface area contributed by atoms with Gasteiger partial charge in [0.2, 0.25) is 17.7 Å². The zero-order valence-corrected chi connectivity index (χ0v) is 17.9. The molecule has 14 heteroatoms. The second kappa shape index (κ2) is 13.4. The second-order valence-corrected chi connectivity index (χ2v) is 7.18. The molecule has 3 amide bonds. The Morgan fingerprint density at radius 1 is 0.806 bits per heavy atom. The number of carbonyl (C=O) groups is 6. The third-order valence-electron chi connectivity index (χ3n) is 4.38. The van der Waals surface area contributed by atoms with Gasteiger partial charge in [-0.2, -0.15) is 12.6 Å².